The summed E-state index contributed by atoms with van der Waals surface area (Å²) in [5.74, 6) is 0.682. The first-order chi connectivity index (χ1) is 14.7. The van der Waals surface area contributed by atoms with Gasteiger partial charge in [-0.3, -0.25) is 14.4 Å². The van der Waals surface area contributed by atoms with Gasteiger partial charge in [0.2, 0.25) is 0 Å². The molecule has 2 aromatic rings. The van der Waals surface area contributed by atoms with Gasteiger partial charge in [0, 0.05) is 12.8 Å². The molecule has 1 N–H and O–H groups in total. The molecule has 6 heteroatoms. The zero-order chi connectivity index (χ0) is 23.4. The molecule has 31 heavy (non-hydrogen) atoms. The van der Waals surface area contributed by atoms with Crippen molar-refractivity contribution >= 4 is 18.1 Å². The first-order valence-electron chi connectivity index (χ1n) is 10.5. The van der Waals surface area contributed by atoms with Gasteiger partial charge in [-0.05, 0) is 29.5 Å². The van der Waals surface area contributed by atoms with E-state index in [0.29, 0.717) is 24.2 Å². The maximum atomic E-state index is 9.00. The van der Waals surface area contributed by atoms with Crippen molar-refractivity contribution in [2.75, 3.05) is 12.2 Å². The lowest BCUT2D eigenvalue weighted by atomic mass is 9.78. The number of ether oxygens (including phenoxy) is 1. The van der Waals surface area contributed by atoms with Crippen LogP contribution in [0.25, 0.3) is 0 Å². The SMILES string of the molecule is CC(=O)O.CC(C)C1ON(c2ccccc2)C(c2ccccc2)C1C(C)C.COC=O. The minimum Gasteiger partial charge on any atom is -0.481 e. The van der Waals surface area contributed by atoms with Crippen LogP contribution in [0.4, 0.5) is 5.69 Å². The molecule has 3 unspecified atom stereocenters. The molecule has 0 bridgehead atoms. The number of hydroxylamine groups is 1. The van der Waals surface area contributed by atoms with Crippen LogP contribution >= 0.6 is 0 Å². The van der Waals surface area contributed by atoms with Crippen LogP contribution in [0.3, 0.4) is 0 Å². The number of rotatable bonds is 5. The monoisotopic (exact) mass is 429 g/mol. The van der Waals surface area contributed by atoms with Gasteiger partial charge in [-0.25, -0.2) is 5.06 Å². The zero-order valence-corrected chi connectivity index (χ0v) is 19.3. The lowest BCUT2D eigenvalue weighted by Crippen LogP contribution is -2.29. The van der Waals surface area contributed by atoms with E-state index in [1.54, 1.807) is 0 Å². The molecule has 2 aromatic carbocycles. The second kappa shape index (κ2) is 13.4. The smallest absolute Gasteiger partial charge is 0.300 e. The summed E-state index contributed by atoms with van der Waals surface area (Å²) in [5, 5.41) is 9.56. The molecule has 1 aliphatic heterocycles. The first kappa shape index (κ1) is 26.2. The summed E-state index contributed by atoms with van der Waals surface area (Å²) in [6.07, 6.45) is 0.236. The standard InChI is InChI=1S/C21H27NO.2C2H4O2/c1-15(2)19-20(17-11-7-5-8-12-17)22(23-21(19)16(3)4)18-13-9-6-10-14-18;1-4-2-3;1-2(3)4/h5-16,19-21H,1-4H3;2H,1H3;1H3,(H,3,4). The van der Waals surface area contributed by atoms with Crippen LogP contribution < -0.4 is 5.06 Å². The highest BCUT2D eigenvalue weighted by Gasteiger charge is 2.46. The van der Waals surface area contributed by atoms with Crippen molar-refractivity contribution in [1.29, 1.82) is 0 Å². The van der Waals surface area contributed by atoms with Gasteiger partial charge in [0.1, 0.15) is 0 Å². The molecule has 1 saturated heterocycles. The summed E-state index contributed by atoms with van der Waals surface area (Å²) >= 11 is 0. The summed E-state index contributed by atoms with van der Waals surface area (Å²) in [4.78, 5) is 24.4. The van der Waals surface area contributed by atoms with Gasteiger partial charge in [-0.2, -0.15) is 0 Å². The molecule has 0 radical (unpaired) electrons. The molecule has 1 fully saturated rings. The maximum Gasteiger partial charge on any atom is 0.300 e. The Labute approximate surface area is 185 Å². The molecule has 0 aromatic heterocycles. The number of hydrogen-bond donors (Lipinski definition) is 1. The predicted molar refractivity (Wildman–Crippen MR) is 123 cm³/mol. The Kier molecular flexibility index (Phi) is 11.4. The Hall–Kier alpha value is -2.86. The van der Waals surface area contributed by atoms with Crippen molar-refractivity contribution in [3.8, 4) is 0 Å². The molecular formula is C25H35NO5. The molecule has 0 saturated carbocycles. The van der Waals surface area contributed by atoms with E-state index in [0.717, 1.165) is 12.6 Å². The number of methoxy groups -OCH3 is 1. The number of carboxylic acids is 1. The fourth-order valence-electron chi connectivity index (χ4n) is 3.72. The maximum absolute atomic E-state index is 9.00. The van der Waals surface area contributed by atoms with Gasteiger partial charge in [0.05, 0.1) is 24.9 Å². The molecular weight excluding hydrogens is 394 g/mol. The van der Waals surface area contributed by atoms with Gasteiger partial charge in [0.25, 0.3) is 12.4 Å². The number of benzene rings is 2. The summed E-state index contributed by atoms with van der Waals surface area (Å²) < 4.78 is 3.86. The average molecular weight is 430 g/mol. The zero-order valence-electron chi connectivity index (χ0n) is 19.3. The number of carbonyl (C=O) groups excluding carboxylic acids is 1. The van der Waals surface area contributed by atoms with E-state index < -0.39 is 5.97 Å². The average Bonchev–Trinajstić information content (AvgIpc) is 3.16. The van der Waals surface area contributed by atoms with Crippen LogP contribution in [0.5, 0.6) is 0 Å². The summed E-state index contributed by atoms with van der Waals surface area (Å²) in [6, 6.07) is 21.5. The third kappa shape index (κ3) is 8.06. The van der Waals surface area contributed by atoms with E-state index >= 15 is 0 Å². The third-order valence-electron chi connectivity index (χ3n) is 4.91. The Bertz CT molecular complexity index is 760. The predicted octanol–water partition coefficient (Wildman–Crippen LogP) is 5.36. The number of carboxylic acid groups (broad SMARTS) is 1. The van der Waals surface area contributed by atoms with E-state index in [1.807, 2.05) is 0 Å². The fraction of sp³-hybridized carbons (Fsp3) is 0.440. The number of hydrogen-bond acceptors (Lipinski definition) is 5. The highest BCUT2D eigenvalue weighted by Crippen LogP contribution is 2.47. The van der Waals surface area contributed by atoms with Gasteiger partial charge in [0.15, 0.2) is 0 Å². The van der Waals surface area contributed by atoms with Crippen LogP contribution in [0.2, 0.25) is 0 Å². The molecule has 3 rings (SSSR count). The molecule has 0 amide bonds. The van der Waals surface area contributed by atoms with Crippen LogP contribution in [-0.2, 0) is 19.2 Å². The van der Waals surface area contributed by atoms with E-state index in [4.69, 9.17) is 19.5 Å². The van der Waals surface area contributed by atoms with Crippen LogP contribution in [-0.4, -0.2) is 30.8 Å². The minimum atomic E-state index is -0.833. The third-order valence-corrected chi connectivity index (χ3v) is 4.91. The van der Waals surface area contributed by atoms with Gasteiger partial charge < -0.3 is 9.84 Å². The molecule has 1 aliphatic rings. The number of anilines is 1. The van der Waals surface area contributed by atoms with Crippen LogP contribution in [0.1, 0.15) is 46.2 Å². The van der Waals surface area contributed by atoms with E-state index in [2.05, 4.69) is 98.2 Å². The first-order valence-corrected chi connectivity index (χ1v) is 10.5. The van der Waals surface area contributed by atoms with Crippen molar-refractivity contribution in [3.63, 3.8) is 0 Å². The normalized spacial score (nSPS) is 19.7. The largest absolute Gasteiger partial charge is 0.481 e. The molecule has 1 heterocycles. The Morgan fingerprint density at radius 3 is 1.84 bits per heavy atom. The van der Waals surface area contributed by atoms with Crippen molar-refractivity contribution in [2.24, 2.45) is 17.8 Å². The number of para-hydroxylation sites is 1. The van der Waals surface area contributed by atoms with Gasteiger partial charge >= 0.3 is 0 Å². The highest BCUT2D eigenvalue weighted by molar-refractivity contribution is 5.63. The molecule has 0 aliphatic carbocycles. The quantitative estimate of drug-likeness (QED) is 0.645. The highest BCUT2D eigenvalue weighted by atomic mass is 16.7. The fourth-order valence-corrected chi connectivity index (χ4v) is 3.72. The Balaban J connectivity index is 0.000000519. The van der Waals surface area contributed by atoms with E-state index in [9.17, 15) is 0 Å². The summed E-state index contributed by atoms with van der Waals surface area (Å²) in [7, 11) is 1.31. The number of aliphatic carboxylic acids is 1. The Morgan fingerprint density at radius 2 is 1.45 bits per heavy atom. The molecule has 6 nitrogen and oxygen atoms in total. The Morgan fingerprint density at radius 1 is 1.00 bits per heavy atom. The minimum absolute atomic E-state index is 0.236. The molecule has 0 spiro atoms. The van der Waals surface area contributed by atoms with Gasteiger partial charge in [-0.1, -0.05) is 76.2 Å². The van der Waals surface area contributed by atoms with Crippen molar-refractivity contribution in [3.05, 3.63) is 66.2 Å². The van der Waals surface area contributed by atoms with Crippen molar-refractivity contribution in [2.45, 2.75) is 46.8 Å². The second-order valence-corrected chi connectivity index (χ2v) is 8.00. The second-order valence-electron chi connectivity index (χ2n) is 8.00. The lowest BCUT2D eigenvalue weighted by Gasteiger charge is -2.29. The molecule has 170 valence electrons. The van der Waals surface area contributed by atoms with Crippen molar-refractivity contribution in [1.82, 2.24) is 0 Å². The topological polar surface area (TPSA) is 76.1 Å². The van der Waals surface area contributed by atoms with Crippen molar-refractivity contribution < 1.29 is 24.3 Å². The number of carbonyl (C=O) groups is 2. The molecule has 3 atom stereocenters. The summed E-state index contributed by atoms with van der Waals surface area (Å²) in [6.45, 7) is 10.6. The van der Waals surface area contributed by atoms with E-state index in [1.165, 1.54) is 12.7 Å². The van der Waals surface area contributed by atoms with Gasteiger partial charge in [-0.15, -0.1) is 0 Å². The van der Waals surface area contributed by atoms with E-state index in [-0.39, 0.29) is 12.1 Å². The van der Waals surface area contributed by atoms with Crippen LogP contribution in [0.15, 0.2) is 60.7 Å². The lowest BCUT2D eigenvalue weighted by molar-refractivity contribution is -0.134. The van der Waals surface area contributed by atoms with Crippen LogP contribution in [0, 0.1) is 17.8 Å². The number of nitrogens with zero attached hydrogens (tertiary/aromatic N) is 1. The summed E-state index contributed by atoms with van der Waals surface area (Å²) in [5.41, 5.74) is 2.47.